The molecule has 0 radical (unpaired) electrons. The molecule has 3 aromatic rings. The molecule has 0 spiro atoms. The lowest BCUT2D eigenvalue weighted by atomic mass is 10.2. The number of anilines is 2. The van der Waals surface area contributed by atoms with Crippen LogP contribution in [0.2, 0.25) is 0 Å². The third kappa shape index (κ3) is 1.69. The standard InChI is InChI=1S/C14H13N5O/c1-8-15-11-6-7-20-12(11)14(16-8)17-13-9-4-2-3-5-10(9)18-19-13/h2-5H,6-7H2,1H3,(H2,15,16,17,18,19). The smallest absolute Gasteiger partial charge is 0.183 e. The molecule has 6 heteroatoms. The Morgan fingerprint density at radius 3 is 3.05 bits per heavy atom. The second kappa shape index (κ2) is 4.19. The molecule has 0 unspecified atom stereocenters. The number of benzene rings is 1. The summed E-state index contributed by atoms with van der Waals surface area (Å²) in [4.78, 5) is 8.83. The Kier molecular flexibility index (Phi) is 2.35. The van der Waals surface area contributed by atoms with Crippen LogP contribution in [0.25, 0.3) is 10.9 Å². The summed E-state index contributed by atoms with van der Waals surface area (Å²) in [6.07, 6.45) is 0.828. The lowest BCUT2D eigenvalue weighted by molar-refractivity contribution is 0.357. The molecule has 0 aliphatic carbocycles. The molecule has 4 rings (SSSR count). The number of rotatable bonds is 2. The molecule has 0 amide bonds. The fourth-order valence-corrected chi connectivity index (χ4v) is 2.45. The maximum absolute atomic E-state index is 5.62. The van der Waals surface area contributed by atoms with Crippen LogP contribution in [-0.2, 0) is 6.42 Å². The Morgan fingerprint density at radius 1 is 1.20 bits per heavy atom. The van der Waals surface area contributed by atoms with Gasteiger partial charge in [0, 0.05) is 11.8 Å². The maximum atomic E-state index is 5.62. The van der Waals surface area contributed by atoms with Crippen LogP contribution in [0.5, 0.6) is 5.75 Å². The first-order chi connectivity index (χ1) is 9.81. The highest BCUT2D eigenvalue weighted by Crippen LogP contribution is 2.33. The van der Waals surface area contributed by atoms with Gasteiger partial charge in [-0.1, -0.05) is 12.1 Å². The molecule has 1 aliphatic rings. The van der Waals surface area contributed by atoms with Crippen LogP contribution in [0.1, 0.15) is 11.5 Å². The van der Waals surface area contributed by atoms with Crippen molar-refractivity contribution in [1.82, 2.24) is 20.2 Å². The van der Waals surface area contributed by atoms with Crippen molar-refractivity contribution in [3.8, 4) is 5.75 Å². The summed E-state index contributed by atoms with van der Waals surface area (Å²) in [6, 6.07) is 7.95. The maximum Gasteiger partial charge on any atom is 0.183 e. The van der Waals surface area contributed by atoms with Crippen molar-refractivity contribution in [3.05, 3.63) is 35.8 Å². The van der Waals surface area contributed by atoms with Gasteiger partial charge in [0.15, 0.2) is 17.4 Å². The molecule has 6 nitrogen and oxygen atoms in total. The molecule has 0 saturated carbocycles. The van der Waals surface area contributed by atoms with Crippen molar-refractivity contribution in [3.63, 3.8) is 0 Å². The molecular formula is C14H13N5O. The minimum Gasteiger partial charge on any atom is -0.487 e. The van der Waals surface area contributed by atoms with Crippen LogP contribution in [-0.4, -0.2) is 26.8 Å². The van der Waals surface area contributed by atoms with Crippen LogP contribution in [0, 0.1) is 6.92 Å². The Balaban J connectivity index is 1.80. The zero-order valence-corrected chi connectivity index (χ0v) is 11.0. The van der Waals surface area contributed by atoms with Gasteiger partial charge in [-0.15, -0.1) is 0 Å². The quantitative estimate of drug-likeness (QED) is 0.745. The number of aryl methyl sites for hydroxylation is 1. The van der Waals surface area contributed by atoms with Gasteiger partial charge in [-0.2, -0.15) is 5.10 Å². The van der Waals surface area contributed by atoms with Crippen molar-refractivity contribution >= 4 is 22.5 Å². The zero-order chi connectivity index (χ0) is 13.5. The number of nitrogens with zero attached hydrogens (tertiary/aromatic N) is 3. The molecule has 0 atom stereocenters. The largest absolute Gasteiger partial charge is 0.487 e. The fourth-order valence-electron chi connectivity index (χ4n) is 2.45. The third-order valence-corrected chi connectivity index (χ3v) is 3.34. The molecule has 1 aliphatic heterocycles. The van der Waals surface area contributed by atoms with Crippen molar-refractivity contribution in [2.45, 2.75) is 13.3 Å². The van der Waals surface area contributed by atoms with Gasteiger partial charge in [0.1, 0.15) is 5.82 Å². The average molecular weight is 267 g/mol. The molecule has 100 valence electrons. The molecule has 20 heavy (non-hydrogen) atoms. The summed E-state index contributed by atoms with van der Waals surface area (Å²) in [5, 5.41) is 11.6. The number of aromatic amines is 1. The van der Waals surface area contributed by atoms with Gasteiger partial charge in [0.25, 0.3) is 0 Å². The number of ether oxygens (including phenoxy) is 1. The van der Waals surface area contributed by atoms with Gasteiger partial charge in [-0.3, -0.25) is 5.10 Å². The van der Waals surface area contributed by atoms with E-state index in [0.717, 1.165) is 40.4 Å². The summed E-state index contributed by atoms with van der Waals surface area (Å²) < 4.78 is 5.62. The van der Waals surface area contributed by atoms with E-state index in [-0.39, 0.29) is 0 Å². The van der Waals surface area contributed by atoms with Crippen molar-refractivity contribution in [2.24, 2.45) is 0 Å². The molecule has 0 bridgehead atoms. The van der Waals surface area contributed by atoms with E-state index < -0.39 is 0 Å². The molecule has 0 saturated heterocycles. The molecule has 1 aromatic carbocycles. The van der Waals surface area contributed by atoms with E-state index in [1.54, 1.807) is 0 Å². The lowest BCUT2D eigenvalue weighted by Gasteiger charge is -2.08. The normalized spacial score (nSPS) is 13.2. The number of hydrogen-bond acceptors (Lipinski definition) is 5. The Morgan fingerprint density at radius 2 is 2.10 bits per heavy atom. The summed E-state index contributed by atoms with van der Waals surface area (Å²) in [6.45, 7) is 2.54. The highest BCUT2D eigenvalue weighted by Gasteiger charge is 2.21. The number of para-hydroxylation sites is 1. The van der Waals surface area contributed by atoms with Crippen LogP contribution in [0.15, 0.2) is 24.3 Å². The average Bonchev–Trinajstić information content (AvgIpc) is 3.06. The first kappa shape index (κ1) is 11.2. The number of fused-ring (bicyclic) bond motifs is 2. The number of nitrogens with one attached hydrogen (secondary N) is 2. The monoisotopic (exact) mass is 267 g/mol. The van der Waals surface area contributed by atoms with Crippen molar-refractivity contribution in [1.29, 1.82) is 0 Å². The van der Waals surface area contributed by atoms with Gasteiger partial charge in [0.05, 0.1) is 17.8 Å². The minimum atomic E-state index is 0.656. The number of hydrogen-bond donors (Lipinski definition) is 2. The van der Waals surface area contributed by atoms with E-state index in [4.69, 9.17) is 4.74 Å². The lowest BCUT2D eigenvalue weighted by Crippen LogP contribution is -2.01. The summed E-state index contributed by atoms with van der Waals surface area (Å²) in [7, 11) is 0. The van der Waals surface area contributed by atoms with Gasteiger partial charge in [0.2, 0.25) is 0 Å². The number of aromatic nitrogens is 4. The Labute approximate surface area is 115 Å². The van der Waals surface area contributed by atoms with Gasteiger partial charge < -0.3 is 10.1 Å². The van der Waals surface area contributed by atoms with E-state index in [1.165, 1.54) is 0 Å². The molecule has 2 N–H and O–H groups in total. The minimum absolute atomic E-state index is 0.656. The van der Waals surface area contributed by atoms with Crippen molar-refractivity contribution < 1.29 is 4.74 Å². The van der Waals surface area contributed by atoms with Gasteiger partial charge in [-0.25, -0.2) is 9.97 Å². The third-order valence-electron chi connectivity index (χ3n) is 3.34. The summed E-state index contributed by atoms with van der Waals surface area (Å²) >= 11 is 0. The molecular weight excluding hydrogens is 254 g/mol. The molecule has 3 heterocycles. The SMILES string of the molecule is Cc1nc2c(c(Nc3n[nH]c4ccccc34)n1)OCC2. The summed E-state index contributed by atoms with van der Waals surface area (Å²) in [5.41, 5.74) is 1.94. The van der Waals surface area contributed by atoms with E-state index in [0.29, 0.717) is 12.4 Å². The predicted octanol–water partition coefficient (Wildman–Crippen LogP) is 2.34. The Bertz CT molecular complexity index is 795. The predicted molar refractivity (Wildman–Crippen MR) is 75.3 cm³/mol. The van der Waals surface area contributed by atoms with Crippen LogP contribution < -0.4 is 10.1 Å². The molecule has 0 fully saturated rings. The van der Waals surface area contributed by atoms with E-state index in [1.807, 2.05) is 31.2 Å². The van der Waals surface area contributed by atoms with Crippen LogP contribution in [0.4, 0.5) is 11.6 Å². The highest BCUT2D eigenvalue weighted by atomic mass is 16.5. The van der Waals surface area contributed by atoms with E-state index >= 15 is 0 Å². The topological polar surface area (TPSA) is 75.7 Å². The first-order valence-electron chi connectivity index (χ1n) is 6.52. The van der Waals surface area contributed by atoms with E-state index in [2.05, 4.69) is 25.5 Å². The highest BCUT2D eigenvalue weighted by molar-refractivity contribution is 5.91. The van der Waals surface area contributed by atoms with Gasteiger partial charge in [-0.05, 0) is 19.1 Å². The van der Waals surface area contributed by atoms with Crippen molar-refractivity contribution in [2.75, 3.05) is 11.9 Å². The molecule has 2 aromatic heterocycles. The van der Waals surface area contributed by atoms with Crippen LogP contribution in [0.3, 0.4) is 0 Å². The van der Waals surface area contributed by atoms with E-state index in [9.17, 15) is 0 Å². The Hall–Kier alpha value is -2.63. The van der Waals surface area contributed by atoms with Crippen LogP contribution >= 0.6 is 0 Å². The zero-order valence-electron chi connectivity index (χ0n) is 11.0. The fraction of sp³-hybridized carbons (Fsp3) is 0.214. The summed E-state index contributed by atoms with van der Waals surface area (Å²) in [5.74, 6) is 2.90. The first-order valence-corrected chi connectivity index (χ1v) is 6.52. The second-order valence-corrected chi connectivity index (χ2v) is 4.74. The van der Waals surface area contributed by atoms with Gasteiger partial charge >= 0.3 is 0 Å². The second-order valence-electron chi connectivity index (χ2n) is 4.74. The number of H-pyrrole nitrogens is 1.